The lowest BCUT2D eigenvalue weighted by atomic mass is 10.3. The Labute approximate surface area is 96.7 Å². The van der Waals surface area contributed by atoms with Crippen LogP contribution in [0.15, 0.2) is 0 Å². The van der Waals surface area contributed by atoms with Crippen molar-refractivity contribution < 1.29 is 9.53 Å². The van der Waals surface area contributed by atoms with Gasteiger partial charge in [0, 0.05) is 13.1 Å². The van der Waals surface area contributed by atoms with E-state index in [1.807, 2.05) is 19.0 Å². The quantitative estimate of drug-likeness (QED) is 0.621. The van der Waals surface area contributed by atoms with Crippen molar-refractivity contribution in [1.82, 2.24) is 15.1 Å². The highest BCUT2D eigenvalue weighted by Crippen LogP contribution is 2.39. The van der Waals surface area contributed by atoms with Gasteiger partial charge in [-0.2, -0.15) is 0 Å². The molecule has 1 N–H and O–H groups in total. The zero-order chi connectivity index (χ0) is 11.6. The number of carbonyl (C=O) groups excluding carboxylic acids is 1. The van der Waals surface area contributed by atoms with E-state index in [9.17, 15) is 4.79 Å². The summed E-state index contributed by atoms with van der Waals surface area (Å²) >= 11 is 0. The molecule has 0 aromatic carbocycles. The highest BCUT2D eigenvalue weighted by atomic mass is 16.5. The monoisotopic (exact) mass is 227 g/mol. The van der Waals surface area contributed by atoms with E-state index in [1.54, 1.807) is 0 Å². The van der Waals surface area contributed by atoms with Gasteiger partial charge >= 0.3 is 0 Å². The van der Waals surface area contributed by atoms with E-state index in [0.29, 0.717) is 19.8 Å². The van der Waals surface area contributed by atoms with Gasteiger partial charge < -0.3 is 14.5 Å². The van der Waals surface area contributed by atoms with Crippen molar-refractivity contribution in [2.24, 2.45) is 0 Å². The number of likely N-dealkylation sites (N-methyl/N-ethyl adjacent to an activating group) is 1. The Balaban J connectivity index is 1.59. The minimum Gasteiger partial charge on any atom is -0.378 e. The molecule has 16 heavy (non-hydrogen) atoms. The fourth-order valence-electron chi connectivity index (χ4n) is 1.92. The van der Waals surface area contributed by atoms with Crippen LogP contribution in [-0.2, 0) is 9.53 Å². The molecule has 0 atom stereocenters. The molecule has 2 fully saturated rings. The molecule has 1 aliphatic heterocycles. The molecule has 2 rings (SSSR count). The molecular weight excluding hydrogens is 206 g/mol. The van der Waals surface area contributed by atoms with Gasteiger partial charge in [0.25, 0.3) is 0 Å². The molecule has 1 spiro atoms. The number of amides is 1. The van der Waals surface area contributed by atoms with Gasteiger partial charge in [-0.1, -0.05) is 0 Å². The third-order valence-electron chi connectivity index (χ3n) is 3.24. The summed E-state index contributed by atoms with van der Waals surface area (Å²) in [6.45, 7) is 3.69. The normalized spacial score (nSPS) is 22.4. The van der Waals surface area contributed by atoms with Gasteiger partial charge in [0.05, 0.1) is 25.4 Å². The molecule has 1 saturated heterocycles. The summed E-state index contributed by atoms with van der Waals surface area (Å²) in [6, 6.07) is 0. The maximum Gasteiger partial charge on any atom is 0.244 e. The van der Waals surface area contributed by atoms with Crippen molar-refractivity contribution in [2.45, 2.75) is 18.4 Å². The molecule has 92 valence electrons. The number of hydrogen-bond acceptors (Lipinski definition) is 4. The van der Waals surface area contributed by atoms with Gasteiger partial charge in [-0.15, -0.1) is 0 Å². The third kappa shape index (κ3) is 2.53. The van der Waals surface area contributed by atoms with Crippen molar-refractivity contribution in [2.75, 3.05) is 47.1 Å². The molecule has 2 aliphatic rings. The number of hydrogen-bond donors (Lipinski definition) is 1. The van der Waals surface area contributed by atoms with Crippen molar-refractivity contribution >= 4 is 5.91 Å². The van der Waals surface area contributed by atoms with Gasteiger partial charge in [0.2, 0.25) is 5.91 Å². The molecule has 1 saturated carbocycles. The van der Waals surface area contributed by atoms with Crippen LogP contribution in [0.1, 0.15) is 12.8 Å². The van der Waals surface area contributed by atoms with Crippen molar-refractivity contribution in [3.8, 4) is 0 Å². The van der Waals surface area contributed by atoms with Crippen LogP contribution in [0.25, 0.3) is 0 Å². The average Bonchev–Trinajstić information content (AvgIpc) is 2.95. The van der Waals surface area contributed by atoms with E-state index in [0.717, 1.165) is 26.0 Å². The smallest absolute Gasteiger partial charge is 0.244 e. The first kappa shape index (κ1) is 11.8. The van der Waals surface area contributed by atoms with Crippen LogP contribution in [0.3, 0.4) is 0 Å². The minimum atomic E-state index is -0.163. The van der Waals surface area contributed by atoms with E-state index in [2.05, 4.69) is 10.2 Å². The summed E-state index contributed by atoms with van der Waals surface area (Å²) in [6.07, 6.45) is 2.01. The Morgan fingerprint density at radius 3 is 2.75 bits per heavy atom. The molecule has 5 heteroatoms. The van der Waals surface area contributed by atoms with E-state index in [4.69, 9.17) is 4.74 Å². The fraction of sp³-hybridized carbons (Fsp3) is 0.909. The minimum absolute atomic E-state index is 0.163. The van der Waals surface area contributed by atoms with Gasteiger partial charge in [0.15, 0.2) is 0 Å². The van der Waals surface area contributed by atoms with Crippen LogP contribution in [0.5, 0.6) is 0 Å². The van der Waals surface area contributed by atoms with Crippen LogP contribution >= 0.6 is 0 Å². The first-order chi connectivity index (χ1) is 7.64. The molecule has 1 aliphatic carbocycles. The molecule has 0 radical (unpaired) electrons. The van der Waals surface area contributed by atoms with Crippen LogP contribution in [0.2, 0.25) is 0 Å². The second-order valence-corrected chi connectivity index (χ2v) is 4.90. The highest BCUT2D eigenvalue weighted by molar-refractivity contribution is 5.91. The first-order valence-electron chi connectivity index (χ1n) is 5.91. The zero-order valence-electron chi connectivity index (χ0n) is 10.2. The Bertz CT molecular complexity index is 264. The summed E-state index contributed by atoms with van der Waals surface area (Å²) in [5.41, 5.74) is -0.163. The lowest BCUT2D eigenvalue weighted by Gasteiger charge is -2.16. The number of rotatable bonds is 6. The molecule has 0 aromatic heterocycles. The summed E-state index contributed by atoms with van der Waals surface area (Å²) in [4.78, 5) is 15.8. The maximum absolute atomic E-state index is 11.9. The maximum atomic E-state index is 11.9. The Morgan fingerprint density at radius 2 is 2.19 bits per heavy atom. The van der Waals surface area contributed by atoms with E-state index >= 15 is 0 Å². The van der Waals surface area contributed by atoms with Crippen molar-refractivity contribution in [3.63, 3.8) is 0 Å². The first-order valence-corrected chi connectivity index (χ1v) is 5.91. The predicted octanol–water partition coefficient (Wildman–Crippen LogP) is -0.513. The van der Waals surface area contributed by atoms with Crippen LogP contribution < -0.4 is 5.32 Å². The predicted molar refractivity (Wildman–Crippen MR) is 61.1 cm³/mol. The zero-order valence-corrected chi connectivity index (χ0v) is 10.2. The average molecular weight is 227 g/mol. The van der Waals surface area contributed by atoms with Gasteiger partial charge in [-0.25, -0.2) is 0 Å². The van der Waals surface area contributed by atoms with Crippen LogP contribution in [0, 0.1) is 0 Å². The van der Waals surface area contributed by atoms with Crippen molar-refractivity contribution in [3.05, 3.63) is 0 Å². The van der Waals surface area contributed by atoms with Crippen molar-refractivity contribution in [1.29, 1.82) is 0 Å². The number of nitrogens with one attached hydrogen (secondary N) is 1. The van der Waals surface area contributed by atoms with Crippen LogP contribution in [0.4, 0.5) is 0 Å². The Morgan fingerprint density at radius 1 is 1.44 bits per heavy atom. The molecule has 1 heterocycles. The van der Waals surface area contributed by atoms with Crippen LogP contribution in [-0.4, -0.2) is 68.3 Å². The SMILES string of the molecule is CN(C)CCOCCN1CNC2(CC2)C1=O. The summed E-state index contributed by atoms with van der Waals surface area (Å²) in [5.74, 6) is 0.267. The Kier molecular flexibility index (Phi) is 3.47. The molecular formula is C11H21N3O2. The van der Waals surface area contributed by atoms with Gasteiger partial charge in [-0.3, -0.25) is 10.1 Å². The molecule has 0 aromatic rings. The second kappa shape index (κ2) is 4.69. The molecule has 5 nitrogen and oxygen atoms in total. The lowest BCUT2D eigenvalue weighted by molar-refractivity contribution is -0.130. The summed E-state index contributed by atoms with van der Waals surface area (Å²) < 4.78 is 5.48. The molecule has 0 unspecified atom stereocenters. The van der Waals surface area contributed by atoms with E-state index in [-0.39, 0.29) is 11.4 Å². The molecule has 0 bridgehead atoms. The number of ether oxygens (including phenoxy) is 1. The Hall–Kier alpha value is -0.650. The van der Waals surface area contributed by atoms with E-state index < -0.39 is 0 Å². The fourth-order valence-corrected chi connectivity index (χ4v) is 1.92. The second-order valence-electron chi connectivity index (χ2n) is 4.90. The summed E-state index contributed by atoms with van der Waals surface area (Å²) in [5, 5.41) is 3.28. The highest BCUT2D eigenvalue weighted by Gasteiger charge is 2.55. The topological polar surface area (TPSA) is 44.8 Å². The standard InChI is InChI=1S/C11H21N3O2/c1-13(2)5-7-16-8-6-14-9-12-11(3-4-11)10(14)15/h12H,3-9H2,1-2H3. The molecule has 1 amide bonds. The third-order valence-corrected chi connectivity index (χ3v) is 3.24. The van der Waals surface area contributed by atoms with E-state index in [1.165, 1.54) is 0 Å². The number of carbonyl (C=O) groups is 1. The van der Waals surface area contributed by atoms with Gasteiger partial charge in [0.1, 0.15) is 0 Å². The largest absolute Gasteiger partial charge is 0.378 e. The van der Waals surface area contributed by atoms with Gasteiger partial charge in [-0.05, 0) is 26.9 Å². The number of nitrogens with zero attached hydrogens (tertiary/aromatic N) is 2. The lowest BCUT2D eigenvalue weighted by Crippen LogP contribution is -2.34. The summed E-state index contributed by atoms with van der Waals surface area (Å²) in [7, 11) is 4.04.